The van der Waals surface area contributed by atoms with Crippen LogP contribution in [0.1, 0.15) is 5.56 Å². The third kappa shape index (κ3) is 4.33. The first-order chi connectivity index (χ1) is 14.9. The number of aromatic amines is 1. The summed E-state index contributed by atoms with van der Waals surface area (Å²) in [6.45, 7) is 0. The van der Waals surface area contributed by atoms with Crippen LogP contribution in [0.3, 0.4) is 0 Å². The first-order valence-electron chi connectivity index (χ1n) is 8.37. The Hall–Kier alpha value is -3.53. The second-order valence-corrected chi connectivity index (χ2v) is 8.81. The van der Waals surface area contributed by atoms with E-state index in [-0.39, 0.29) is 21.7 Å². The van der Waals surface area contributed by atoms with E-state index in [4.69, 9.17) is 21.6 Å². The molecule has 0 aliphatic heterocycles. The van der Waals surface area contributed by atoms with Gasteiger partial charge in [-0.1, -0.05) is 11.6 Å². The van der Waals surface area contributed by atoms with Crippen LogP contribution in [0, 0.1) is 17.1 Å². The van der Waals surface area contributed by atoms with E-state index in [1.165, 1.54) is 18.3 Å². The Morgan fingerprint density at radius 2 is 2.10 bits per heavy atom. The summed E-state index contributed by atoms with van der Waals surface area (Å²) in [5.41, 5.74) is 1.52. The molecule has 9 nitrogen and oxygen atoms in total. The quantitative estimate of drug-likeness (QED) is 0.426. The molecular weight excluding hydrogens is 467 g/mol. The van der Waals surface area contributed by atoms with Crippen LogP contribution in [0.2, 0.25) is 5.02 Å². The van der Waals surface area contributed by atoms with Crippen molar-refractivity contribution >= 4 is 38.3 Å². The number of ether oxygens (including phenoxy) is 1. The molecule has 0 amide bonds. The van der Waals surface area contributed by atoms with Crippen LogP contribution in [-0.2, 0) is 10.0 Å². The topological polar surface area (TPSA) is 134 Å². The van der Waals surface area contributed by atoms with Crippen molar-refractivity contribution in [3.05, 3.63) is 65.5 Å². The highest BCUT2D eigenvalue weighted by atomic mass is 35.5. The Morgan fingerprint density at radius 1 is 1.26 bits per heavy atom. The van der Waals surface area contributed by atoms with Crippen LogP contribution >= 0.6 is 23.1 Å². The van der Waals surface area contributed by atoms with Crippen molar-refractivity contribution in [2.24, 2.45) is 0 Å². The van der Waals surface area contributed by atoms with Gasteiger partial charge in [0.15, 0.2) is 0 Å². The smallest absolute Gasteiger partial charge is 0.266 e. The zero-order chi connectivity index (χ0) is 22.0. The van der Waals surface area contributed by atoms with Crippen LogP contribution in [0.25, 0.3) is 11.1 Å². The Kier molecular flexibility index (Phi) is 5.55. The number of nitriles is 1. The largest absolute Gasteiger partial charge is 0.455 e. The normalized spacial score (nSPS) is 11.1. The molecule has 0 atom stereocenters. The van der Waals surface area contributed by atoms with Crippen molar-refractivity contribution in [1.82, 2.24) is 19.6 Å². The zero-order valence-corrected chi connectivity index (χ0v) is 17.6. The Bertz CT molecular complexity index is 1390. The fourth-order valence-electron chi connectivity index (χ4n) is 2.61. The fourth-order valence-corrected chi connectivity index (χ4v) is 4.63. The van der Waals surface area contributed by atoms with E-state index in [2.05, 4.69) is 24.3 Å². The summed E-state index contributed by atoms with van der Waals surface area (Å²) in [4.78, 5) is 3.04. The molecule has 0 spiro atoms. The maximum Gasteiger partial charge on any atom is 0.266 e. The SMILES string of the molecule is N#Cc1ccc(Oc2cc(F)c(S(=O)(=O)Nc3ncns3)cc2Cl)c(-c2cn[nH]c2)c1. The number of halogens is 2. The Balaban J connectivity index is 1.70. The number of nitrogens with zero attached hydrogens (tertiary/aromatic N) is 4. The summed E-state index contributed by atoms with van der Waals surface area (Å²) in [6.07, 6.45) is 4.29. The van der Waals surface area contributed by atoms with Gasteiger partial charge in [0.05, 0.1) is 22.9 Å². The summed E-state index contributed by atoms with van der Waals surface area (Å²) in [6, 6.07) is 8.46. The number of aromatic nitrogens is 4. The standard InChI is InChI=1S/C18H10ClFN6O3S2/c19-13-4-17(31(27,28)26-18-22-9-25-30-18)14(20)5-16(13)29-15-2-1-10(6-21)3-12(15)11-7-23-24-8-11/h1-5,7-9H,(H,23,24)(H,22,25,26). The van der Waals surface area contributed by atoms with Crippen molar-refractivity contribution in [2.45, 2.75) is 4.90 Å². The summed E-state index contributed by atoms with van der Waals surface area (Å²) in [5.74, 6) is -0.914. The second-order valence-electron chi connectivity index (χ2n) is 5.98. The van der Waals surface area contributed by atoms with E-state index in [0.717, 1.165) is 30.0 Å². The van der Waals surface area contributed by atoms with Gasteiger partial charge < -0.3 is 4.74 Å². The molecule has 13 heteroatoms. The molecule has 0 unspecified atom stereocenters. The summed E-state index contributed by atoms with van der Waals surface area (Å²) < 4.78 is 51.2. The van der Waals surface area contributed by atoms with Crippen molar-refractivity contribution in [1.29, 1.82) is 5.26 Å². The lowest BCUT2D eigenvalue weighted by molar-refractivity contribution is 0.475. The zero-order valence-electron chi connectivity index (χ0n) is 15.2. The van der Waals surface area contributed by atoms with E-state index in [9.17, 15) is 12.8 Å². The molecule has 2 aromatic carbocycles. The van der Waals surface area contributed by atoms with Gasteiger partial charge in [0.2, 0.25) is 5.13 Å². The number of sulfonamides is 1. The van der Waals surface area contributed by atoms with Gasteiger partial charge in [-0.15, -0.1) is 0 Å². The number of hydrogen-bond donors (Lipinski definition) is 2. The molecule has 2 heterocycles. The lowest BCUT2D eigenvalue weighted by atomic mass is 10.1. The predicted octanol–water partition coefficient (Wildman–Crippen LogP) is 4.19. The highest BCUT2D eigenvalue weighted by Gasteiger charge is 2.24. The van der Waals surface area contributed by atoms with Gasteiger partial charge in [-0.2, -0.15) is 14.7 Å². The average molecular weight is 477 g/mol. The first-order valence-corrected chi connectivity index (χ1v) is 11.0. The molecule has 0 saturated heterocycles. The third-order valence-electron chi connectivity index (χ3n) is 4.00. The number of H-pyrrole nitrogens is 1. The molecule has 0 radical (unpaired) electrons. The molecule has 0 aliphatic carbocycles. The molecule has 4 rings (SSSR count). The highest BCUT2D eigenvalue weighted by molar-refractivity contribution is 7.93. The van der Waals surface area contributed by atoms with Gasteiger partial charge in [-0.3, -0.25) is 9.82 Å². The predicted molar refractivity (Wildman–Crippen MR) is 111 cm³/mol. The van der Waals surface area contributed by atoms with Crippen molar-refractivity contribution in [2.75, 3.05) is 4.72 Å². The lowest BCUT2D eigenvalue weighted by Crippen LogP contribution is -2.14. The fraction of sp³-hybridized carbons (Fsp3) is 0. The lowest BCUT2D eigenvalue weighted by Gasteiger charge is -2.13. The van der Waals surface area contributed by atoms with Gasteiger partial charge in [0.1, 0.15) is 28.5 Å². The van der Waals surface area contributed by atoms with Crippen LogP contribution in [-0.4, -0.2) is 28.0 Å². The van der Waals surface area contributed by atoms with Crippen LogP contribution in [0.15, 0.2) is 53.9 Å². The minimum absolute atomic E-state index is 0.0156. The molecule has 4 aromatic rings. The minimum Gasteiger partial charge on any atom is -0.455 e. The number of rotatable bonds is 6. The van der Waals surface area contributed by atoms with Gasteiger partial charge in [-0.25, -0.2) is 17.8 Å². The molecule has 0 bridgehead atoms. The highest BCUT2D eigenvalue weighted by Crippen LogP contribution is 2.38. The molecule has 156 valence electrons. The number of nitrogens with one attached hydrogen (secondary N) is 2. The number of hydrogen-bond acceptors (Lipinski definition) is 8. The molecule has 2 aromatic heterocycles. The van der Waals surface area contributed by atoms with E-state index in [1.54, 1.807) is 12.3 Å². The van der Waals surface area contributed by atoms with Crippen molar-refractivity contribution in [3.8, 4) is 28.7 Å². The number of benzene rings is 2. The Morgan fingerprint density at radius 3 is 2.77 bits per heavy atom. The van der Waals surface area contributed by atoms with Crippen LogP contribution in [0.4, 0.5) is 9.52 Å². The van der Waals surface area contributed by atoms with Gasteiger partial charge >= 0.3 is 0 Å². The summed E-state index contributed by atoms with van der Waals surface area (Å²) in [7, 11) is -4.28. The molecule has 2 N–H and O–H groups in total. The van der Waals surface area contributed by atoms with E-state index in [0.29, 0.717) is 16.7 Å². The van der Waals surface area contributed by atoms with Crippen LogP contribution in [0.5, 0.6) is 11.5 Å². The molecule has 31 heavy (non-hydrogen) atoms. The van der Waals surface area contributed by atoms with Crippen molar-refractivity contribution < 1.29 is 17.5 Å². The van der Waals surface area contributed by atoms with Gasteiger partial charge in [0, 0.05) is 34.9 Å². The Labute approximate surface area is 184 Å². The molecule has 0 saturated carbocycles. The first kappa shape index (κ1) is 20.7. The van der Waals surface area contributed by atoms with Gasteiger partial charge in [-0.05, 0) is 24.3 Å². The summed E-state index contributed by atoms with van der Waals surface area (Å²) in [5, 5.41) is 15.5. The monoisotopic (exact) mass is 476 g/mol. The van der Waals surface area contributed by atoms with Crippen LogP contribution < -0.4 is 9.46 Å². The summed E-state index contributed by atoms with van der Waals surface area (Å²) >= 11 is 7.00. The van der Waals surface area contributed by atoms with E-state index >= 15 is 0 Å². The van der Waals surface area contributed by atoms with E-state index < -0.39 is 20.7 Å². The van der Waals surface area contributed by atoms with E-state index in [1.807, 2.05) is 6.07 Å². The second kappa shape index (κ2) is 8.31. The molecule has 0 fully saturated rings. The molecule has 0 aliphatic rings. The molecular formula is C18H10ClFN6O3S2. The average Bonchev–Trinajstić information content (AvgIpc) is 3.44. The van der Waals surface area contributed by atoms with Gasteiger partial charge in [0.25, 0.3) is 10.0 Å². The maximum absolute atomic E-state index is 14.7. The third-order valence-corrected chi connectivity index (χ3v) is 6.36. The minimum atomic E-state index is -4.28. The number of anilines is 1. The maximum atomic E-state index is 14.7. The van der Waals surface area contributed by atoms with Crippen molar-refractivity contribution in [3.63, 3.8) is 0 Å².